The van der Waals surface area contributed by atoms with E-state index >= 15 is 0 Å². The monoisotopic (exact) mass is 280 g/mol. The molecule has 0 saturated carbocycles. The van der Waals surface area contributed by atoms with E-state index in [2.05, 4.69) is 42.4 Å². The van der Waals surface area contributed by atoms with Crippen LogP contribution >= 0.6 is 11.6 Å². The molecule has 2 rings (SSSR count). The van der Waals surface area contributed by atoms with Gasteiger partial charge in [-0.2, -0.15) is 0 Å². The van der Waals surface area contributed by atoms with Crippen LogP contribution in [-0.2, 0) is 0 Å². The maximum Gasteiger partial charge on any atom is 0.0409 e. The van der Waals surface area contributed by atoms with Crippen LogP contribution < -0.4 is 5.32 Å². The van der Waals surface area contributed by atoms with Crippen molar-refractivity contribution < 1.29 is 0 Å². The highest BCUT2D eigenvalue weighted by atomic mass is 35.5. The van der Waals surface area contributed by atoms with Crippen LogP contribution in [0.5, 0.6) is 0 Å². The molecule has 19 heavy (non-hydrogen) atoms. The van der Waals surface area contributed by atoms with E-state index in [0.717, 1.165) is 18.1 Å². The minimum atomic E-state index is 0.486. The fraction of sp³-hybridized carbons (Fsp3) is 0.625. The Kier molecular flexibility index (Phi) is 5.68. The van der Waals surface area contributed by atoms with Crippen molar-refractivity contribution in [2.75, 3.05) is 26.7 Å². The fourth-order valence-electron chi connectivity index (χ4n) is 3.19. The van der Waals surface area contributed by atoms with Gasteiger partial charge in [0.2, 0.25) is 0 Å². The second-order valence-corrected chi connectivity index (χ2v) is 5.98. The van der Waals surface area contributed by atoms with Crippen molar-refractivity contribution in [3.63, 3.8) is 0 Å². The topological polar surface area (TPSA) is 15.3 Å². The third kappa shape index (κ3) is 3.95. The summed E-state index contributed by atoms with van der Waals surface area (Å²) in [5.74, 6) is 0.672. The van der Waals surface area contributed by atoms with Crippen molar-refractivity contribution >= 4 is 11.6 Å². The van der Waals surface area contributed by atoms with Gasteiger partial charge in [0.05, 0.1) is 0 Å². The largest absolute Gasteiger partial charge is 0.317 e. The van der Waals surface area contributed by atoms with Crippen molar-refractivity contribution in [2.45, 2.75) is 32.2 Å². The van der Waals surface area contributed by atoms with Crippen LogP contribution in [-0.4, -0.2) is 31.6 Å². The molecule has 1 heterocycles. The first kappa shape index (κ1) is 14.8. The molecule has 1 aromatic rings. The van der Waals surface area contributed by atoms with Crippen molar-refractivity contribution in [1.82, 2.24) is 10.2 Å². The number of hydrogen-bond acceptors (Lipinski definition) is 2. The van der Waals surface area contributed by atoms with Crippen molar-refractivity contribution in [1.29, 1.82) is 0 Å². The van der Waals surface area contributed by atoms with Gasteiger partial charge < -0.3 is 5.32 Å². The average Bonchev–Trinajstić information content (AvgIpc) is 2.58. The van der Waals surface area contributed by atoms with Gasteiger partial charge in [0.1, 0.15) is 0 Å². The maximum absolute atomic E-state index is 6.17. The molecule has 106 valence electrons. The smallest absolute Gasteiger partial charge is 0.0409 e. The van der Waals surface area contributed by atoms with E-state index in [1.165, 1.54) is 31.4 Å². The molecule has 0 spiro atoms. The van der Waals surface area contributed by atoms with Gasteiger partial charge in [0.25, 0.3) is 0 Å². The average molecular weight is 281 g/mol. The van der Waals surface area contributed by atoms with Gasteiger partial charge in [-0.25, -0.2) is 0 Å². The highest BCUT2D eigenvalue weighted by Gasteiger charge is 2.28. The lowest BCUT2D eigenvalue weighted by Crippen LogP contribution is -2.34. The van der Waals surface area contributed by atoms with Gasteiger partial charge in [0.15, 0.2) is 0 Å². The predicted molar refractivity (Wildman–Crippen MR) is 82.7 cm³/mol. The van der Waals surface area contributed by atoms with E-state index in [-0.39, 0.29) is 0 Å². The van der Waals surface area contributed by atoms with Gasteiger partial charge in [-0.15, -0.1) is 0 Å². The highest BCUT2D eigenvalue weighted by molar-refractivity contribution is 6.30. The number of nitrogens with one attached hydrogen (secondary N) is 1. The summed E-state index contributed by atoms with van der Waals surface area (Å²) in [4.78, 5) is 2.50. The van der Waals surface area contributed by atoms with Gasteiger partial charge in [-0.1, -0.05) is 37.1 Å². The Balaban J connectivity index is 2.23. The standard InChI is InChI=1S/C16H25ClN2/c1-3-18-12-14-7-4-5-10-19(2)16(14)13-8-6-9-15(17)11-13/h6,8-9,11,14,16,18H,3-5,7,10,12H2,1-2H3. The zero-order chi connectivity index (χ0) is 13.7. The molecule has 0 aliphatic carbocycles. The molecule has 2 nitrogen and oxygen atoms in total. The molecule has 0 amide bonds. The second-order valence-electron chi connectivity index (χ2n) is 5.54. The number of hydrogen-bond donors (Lipinski definition) is 1. The van der Waals surface area contributed by atoms with Gasteiger partial charge in [-0.3, -0.25) is 4.90 Å². The lowest BCUT2D eigenvalue weighted by molar-refractivity contribution is 0.189. The Morgan fingerprint density at radius 2 is 2.21 bits per heavy atom. The molecule has 1 aromatic carbocycles. The Hall–Kier alpha value is -0.570. The van der Waals surface area contributed by atoms with Crippen LogP contribution in [0.2, 0.25) is 5.02 Å². The third-order valence-corrected chi connectivity index (χ3v) is 4.34. The van der Waals surface area contributed by atoms with Gasteiger partial charge >= 0.3 is 0 Å². The van der Waals surface area contributed by atoms with E-state index in [1.807, 2.05) is 6.07 Å². The Morgan fingerprint density at radius 3 is 2.95 bits per heavy atom. The summed E-state index contributed by atoms with van der Waals surface area (Å²) in [6.07, 6.45) is 3.93. The second kappa shape index (κ2) is 7.28. The molecule has 1 saturated heterocycles. The van der Waals surface area contributed by atoms with Crippen molar-refractivity contribution in [2.24, 2.45) is 5.92 Å². The molecule has 0 radical (unpaired) electrons. The summed E-state index contributed by atoms with van der Waals surface area (Å²) >= 11 is 6.17. The molecule has 3 heteroatoms. The Bertz CT molecular complexity index is 394. The number of halogens is 1. The van der Waals surface area contributed by atoms with Crippen LogP contribution in [0, 0.1) is 5.92 Å². The van der Waals surface area contributed by atoms with Gasteiger partial charge in [0, 0.05) is 11.1 Å². The predicted octanol–water partition coefficient (Wildman–Crippen LogP) is 3.72. The Morgan fingerprint density at radius 1 is 1.37 bits per heavy atom. The zero-order valence-electron chi connectivity index (χ0n) is 12.0. The minimum Gasteiger partial charge on any atom is -0.317 e. The molecule has 1 aliphatic heterocycles. The number of likely N-dealkylation sites (tertiary alicyclic amines) is 1. The molecule has 1 aliphatic rings. The van der Waals surface area contributed by atoms with Crippen molar-refractivity contribution in [3.05, 3.63) is 34.9 Å². The third-order valence-electron chi connectivity index (χ3n) is 4.10. The fourth-order valence-corrected chi connectivity index (χ4v) is 3.38. The van der Waals surface area contributed by atoms with Crippen LogP contribution in [0.25, 0.3) is 0 Å². The van der Waals surface area contributed by atoms with Crippen molar-refractivity contribution in [3.8, 4) is 0 Å². The SMILES string of the molecule is CCNCC1CCCCN(C)C1c1cccc(Cl)c1. The summed E-state index contributed by atoms with van der Waals surface area (Å²) in [6, 6.07) is 8.87. The first-order valence-corrected chi connectivity index (χ1v) is 7.76. The normalized spacial score (nSPS) is 25.2. The van der Waals surface area contributed by atoms with E-state index < -0.39 is 0 Å². The Labute approximate surface area is 122 Å². The first-order chi connectivity index (χ1) is 9.22. The number of nitrogens with zero attached hydrogens (tertiary/aromatic N) is 1. The maximum atomic E-state index is 6.17. The van der Waals surface area contributed by atoms with Crippen LogP contribution in [0.15, 0.2) is 24.3 Å². The van der Waals surface area contributed by atoms with E-state index in [1.54, 1.807) is 0 Å². The molecular weight excluding hydrogens is 256 g/mol. The lowest BCUT2D eigenvalue weighted by Gasteiger charge is -2.33. The summed E-state index contributed by atoms with van der Waals surface area (Å²) in [5, 5.41) is 4.37. The highest BCUT2D eigenvalue weighted by Crippen LogP contribution is 2.34. The molecule has 1 fully saturated rings. The first-order valence-electron chi connectivity index (χ1n) is 7.38. The summed E-state index contributed by atoms with van der Waals surface area (Å²) < 4.78 is 0. The molecule has 0 aromatic heterocycles. The van der Waals surface area contributed by atoms with E-state index in [0.29, 0.717) is 12.0 Å². The summed E-state index contributed by atoms with van der Waals surface area (Å²) in [6.45, 7) is 5.50. The quantitative estimate of drug-likeness (QED) is 0.904. The number of rotatable bonds is 4. The molecule has 0 bridgehead atoms. The molecule has 2 atom stereocenters. The summed E-state index contributed by atoms with van der Waals surface area (Å²) in [7, 11) is 2.25. The molecule has 1 N–H and O–H groups in total. The molecule has 2 unspecified atom stereocenters. The summed E-state index contributed by atoms with van der Waals surface area (Å²) in [5.41, 5.74) is 1.36. The van der Waals surface area contributed by atoms with Gasteiger partial charge in [-0.05, 0) is 63.1 Å². The van der Waals surface area contributed by atoms with Crippen LogP contribution in [0.1, 0.15) is 37.8 Å². The minimum absolute atomic E-state index is 0.486. The van der Waals surface area contributed by atoms with E-state index in [4.69, 9.17) is 11.6 Å². The lowest BCUT2D eigenvalue weighted by atomic mass is 9.89. The van der Waals surface area contributed by atoms with Crippen LogP contribution in [0.3, 0.4) is 0 Å². The zero-order valence-corrected chi connectivity index (χ0v) is 12.8. The molecular formula is C16H25ClN2. The van der Waals surface area contributed by atoms with Crippen LogP contribution in [0.4, 0.5) is 0 Å². The number of benzene rings is 1. The van der Waals surface area contributed by atoms with E-state index in [9.17, 15) is 0 Å².